The molecule has 0 atom stereocenters. The van der Waals surface area contributed by atoms with Crippen molar-refractivity contribution < 1.29 is 17.9 Å². The van der Waals surface area contributed by atoms with Crippen molar-refractivity contribution in [2.24, 2.45) is 0 Å². The summed E-state index contributed by atoms with van der Waals surface area (Å²) in [6.45, 7) is 1.78. The van der Waals surface area contributed by atoms with Gasteiger partial charge >= 0.3 is 0 Å². The highest BCUT2D eigenvalue weighted by atomic mass is 79.9. The molecule has 0 fully saturated rings. The number of aromatic nitrogens is 1. The van der Waals surface area contributed by atoms with Gasteiger partial charge in [-0.1, -0.05) is 41.1 Å². The Bertz CT molecular complexity index is 1120. The van der Waals surface area contributed by atoms with E-state index in [1.54, 1.807) is 37.3 Å². The molecule has 150 valence electrons. The van der Waals surface area contributed by atoms with Crippen LogP contribution in [0.3, 0.4) is 0 Å². The van der Waals surface area contributed by atoms with Gasteiger partial charge in [-0.05, 0) is 42.8 Å². The number of hydrogen-bond donors (Lipinski definition) is 1. The van der Waals surface area contributed by atoms with Gasteiger partial charge in [-0.15, -0.1) is 0 Å². The van der Waals surface area contributed by atoms with E-state index in [0.29, 0.717) is 23.7 Å². The number of ether oxygens (including phenoxy) is 1. The summed E-state index contributed by atoms with van der Waals surface area (Å²) in [6.07, 6.45) is 1.93. The van der Waals surface area contributed by atoms with Gasteiger partial charge in [-0.2, -0.15) is 0 Å². The first kappa shape index (κ1) is 21.0. The van der Waals surface area contributed by atoms with Crippen LogP contribution in [0.1, 0.15) is 23.7 Å². The van der Waals surface area contributed by atoms with Gasteiger partial charge in [0.2, 0.25) is 5.88 Å². The van der Waals surface area contributed by atoms with E-state index in [4.69, 9.17) is 4.74 Å². The lowest BCUT2D eigenvalue weighted by Gasteiger charge is -2.11. The first-order valence-corrected chi connectivity index (χ1v) is 11.4. The van der Waals surface area contributed by atoms with Crippen molar-refractivity contribution in [2.45, 2.75) is 18.2 Å². The molecule has 0 unspecified atom stereocenters. The maximum Gasteiger partial charge on any atom is 0.257 e. The quantitative estimate of drug-likeness (QED) is 0.516. The minimum absolute atomic E-state index is 0.0134. The van der Waals surface area contributed by atoms with Crippen molar-refractivity contribution in [1.82, 2.24) is 4.98 Å². The van der Waals surface area contributed by atoms with Crippen molar-refractivity contribution in [1.29, 1.82) is 0 Å². The fourth-order valence-electron chi connectivity index (χ4n) is 2.67. The molecule has 3 aromatic rings. The molecule has 0 aliphatic carbocycles. The lowest BCUT2D eigenvalue weighted by atomic mass is 10.2. The second-order valence-corrected chi connectivity index (χ2v) is 9.21. The molecular formula is C21H19BrN2O4S. The summed E-state index contributed by atoms with van der Waals surface area (Å²) in [6, 6.07) is 16.8. The van der Waals surface area contributed by atoms with E-state index in [1.165, 1.54) is 18.3 Å². The first-order chi connectivity index (χ1) is 13.9. The monoisotopic (exact) mass is 474 g/mol. The van der Waals surface area contributed by atoms with E-state index in [0.717, 1.165) is 4.47 Å². The second-order valence-electron chi connectivity index (χ2n) is 6.21. The molecule has 0 aliphatic rings. The standard InChI is InChI=1S/C21H19BrN2O4S/c1-2-12-29(26,27)19-9-4-3-8-18(19)21(25)24-16-10-11-20(23-14-16)28-17-7-5-6-15(22)13-17/h3-11,13-14H,2,12H2,1H3,(H,24,25). The Morgan fingerprint density at radius 2 is 1.90 bits per heavy atom. The molecule has 1 aromatic heterocycles. The van der Waals surface area contributed by atoms with Crippen LogP contribution in [-0.4, -0.2) is 25.1 Å². The predicted molar refractivity (Wildman–Crippen MR) is 115 cm³/mol. The van der Waals surface area contributed by atoms with Crippen LogP contribution in [0, 0.1) is 0 Å². The van der Waals surface area contributed by atoms with Gasteiger partial charge in [0.05, 0.1) is 28.1 Å². The zero-order chi connectivity index (χ0) is 20.9. The molecule has 29 heavy (non-hydrogen) atoms. The van der Waals surface area contributed by atoms with Crippen molar-refractivity contribution in [2.75, 3.05) is 11.1 Å². The van der Waals surface area contributed by atoms with Crippen molar-refractivity contribution in [3.8, 4) is 11.6 Å². The third kappa shape index (κ3) is 5.42. The number of nitrogens with one attached hydrogen (secondary N) is 1. The molecule has 0 aliphatic heterocycles. The van der Waals surface area contributed by atoms with E-state index in [-0.39, 0.29) is 16.2 Å². The van der Waals surface area contributed by atoms with Gasteiger partial charge in [-0.25, -0.2) is 13.4 Å². The molecule has 6 nitrogen and oxygen atoms in total. The molecule has 1 amide bonds. The normalized spacial score (nSPS) is 11.1. The van der Waals surface area contributed by atoms with Crippen LogP contribution in [0.2, 0.25) is 0 Å². The molecule has 0 spiro atoms. The Balaban J connectivity index is 1.75. The largest absolute Gasteiger partial charge is 0.439 e. The number of sulfone groups is 1. The summed E-state index contributed by atoms with van der Waals surface area (Å²) in [5.74, 6) is 0.467. The van der Waals surface area contributed by atoms with Crippen molar-refractivity contribution in [3.63, 3.8) is 0 Å². The van der Waals surface area contributed by atoms with Gasteiger partial charge in [0, 0.05) is 10.5 Å². The van der Waals surface area contributed by atoms with Crippen LogP contribution < -0.4 is 10.1 Å². The molecule has 1 heterocycles. The van der Waals surface area contributed by atoms with Crippen LogP contribution in [0.4, 0.5) is 5.69 Å². The van der Waals surface area contributed by atoms with Gasteiger partial charge < -0.3 is 10.1 Å². The molecule has 8 heteroatoms. The highest BCUT2D eigenvalue weighted by molar-refractivity contribution is 9.10. The number of benzene rings is 2. The highest BCUT2D eigenvalue weighted by Crippen LogP contribution is 2.24. The zero-order valence-electron chi connectivity index (χ0n) is 15.6. The van der Waals surface area contributed by atoms with Crippen LogP contribution in [-0.2, 0) is 9.84 Å². The van der Waals surface area contributed by atoms with Crippen LogP contribution in [0.15, 0.2) is 76.2 Å². The van der Waals surface area contributed by atoms with Gasteiger partial charge in [0.25, 0.3) is 5.91 Å². The number of carbonyl (C=O) groups is 1. The maximum atomic E-state index is 12.7. The number of carbonyl (C=O) groups excluding carboxylic acids is 1. The number of rotatable bonds is 7. The van der Waals surface area contributed by atoms with E-state index < -0.39 is 15.7 Å². The highest BCUT2D eigenvalue weighted by Gasteiger charge is 2.21. The van der Waals surface area contributed by atoms with Gasteiger partial charge in [-0.3, -0.25) is 4.79 Å². The second kappa shape index (κ2) is 9.19. The number of hydrogen-bond acceptors (Lipinski definition) is 5. The van der Waals surface area contributed by atoms with Crippen LogP contribution in [0.5, 0.6) is 11.6 Å². The Kier molecular flexibility index (Phi) is 6.66. The average molecular weight is 475 g/mol. The Morgan fingerprint density at radius 3 is 2.59 bits per heavy atom. The smallest absolute Gasteiger partial charge is 0.257 e. The number of amides is 1. The summed E-state index contributed by atoms with van der Waals surface area (Å²) in [5.41, 5.74) is 0.537. The van der Waals surface area contributed by atoms with Crippen LogP contribution in [0.25, 0.3) is 0 Å². The van der Waals surface area contributed by atoms with Gasteiger partial charge in [0.15, 0.2) is 9.84 Å². The number of halogens is 1. The lowest BCUT2D eigenvalue weighted by molar-refractivity contribution is 0.102. The number of pyridine rings is 1. The third-order valence-electron chi connectivity index (χ3n) is 3.95. The minimum Gasteiger partial charge on any atom is -0.439 e. The first-order valence-electron chi connectivity index (χ1n) is 8.91. The summed E-state index contributed by atoms with van der Waals surface area (Å²) in [4.78, 5) is 16.9. The Hall–Kier alpha value is -2.71. The minimum atomic E-state index is -3.52. The summed E-state index contributed by atoms with van der Waals surface area (Å²) in [7, 11) is -3.52. The molecule has 1 N–H and O–H groups in total. The topological polar surface area (TPSA) is 85.4 Å². The Labute approximate surface area is 178 Å². The molecule has 2 aromatic carbocycles. The van der Waals surface area contributed by atoms with E-state index in [2.05, 4.69) is 26.2 Å². The lowest BCUT2D eigenvalue weighted by Crippen LogP contribution is -2.17. The summed E-state index contributed by atoms with van der Waals surface area (Å²) >= 11 is 3.38. The van der Waals surface area contributed by atoms with Crippen molar-refractivity contribution >= 4 is 37.4 Å². The summed E-state index contributed by atoms with van der Waals surface area (Å²) < 4.78 is 31.4. The SMILES string of the molecule is CCCS(=O)(=O)c1ccccc1C(=O)Nc1ccc(Oc2cccc(Br)c2)nc1. The van der Waals surface area contributed by atoms with E-state index >= 15 is 0 Å². The van der Waals surface area contributed by atoms with E-state index in [9.17, 15) is 13.2 Å². The molecule has 0 saturated carbocycles. The molecular weight excluding hydrogens is 456 g/mol. The van der Waals surface area contributed by atoms with Crippen LogP contribution >= 0.6 is 15.9 Å². The molecule has 0 saturated heterocycles. The summed E-state index contributed by atoms with van der Waals surface area (Å²) in [5, 5.41) is 2.68. The maximum absolute atomic E-state index is 12.7. The number of anilines is 1. The van der Waals surface area contributed by atoms with Gasteiger partial charge in [0.1, 0.15) is 5.75 Å². The third-order valence-corrected chi connectivity index (χ3v) is 6.42. The average Bonchev–Trinajstić information content (AvgIpc) is 2.69. The van der Waals surface area contributed by atoms with Crippen molar-refractivity contribution in [3.05, 3.63) is 76.9 Å². The molecule has 3 rings (SSSR count). The fourth-order valence-corrected chi connectivity index (χ4v) is 4.59. The number of nitrogens with zero attached hydrogens (tertiary/aromatic N) is 1. The molecule has 0 radical (unpaired) electrons. The molecule has 0 bridgehead atoms. The predicted octanol–water partition coefficient (Wildman–Crippen LogP) is 5.07. The fraction of sp³-hybridized carbons (Fsp3) is 0.143. The zero-order valence-corrected chi connectivity index (χ0v) is 18.0. The van der Waals surface area contributed by atoms with E-state index in [1.807, 2.05) is 18.2 Å². The Morgan fingerprint density at radius 1 is 1.10 bits per heavy atom.